The number of carbonyl (C=O) groups excluding carboxylic acids is 1. The lowest BCUT2D eigenvalue weighted by Gasteiger charge is -2.33. The summed E-state index contributed by atoms with van der Waals surface area (Å²) in [4.78, 5) is 24.3. The van der Waals surface area contributed by atoms with Gasteiger partial charge in [-0.1, -0.05) is 6.92 Å². The van der Waals surface area contributed by atoms with Crippen LogP contribution in [-0.4, -0.2) is 48.9 Å². The smallest absolute Gasteiger partial charge is 0.329 e. The van der Waals surface area contributed by atoms with Crippen LogP contribution in [0.15, 0.2) is 18.2 Å². The van der Waals surface area contributed by atoms with Crippen LogP contribution < -0.4 is 14.8 Å². The topological polar surface area (TPSA) is 94.1 Å². The summed E-state index contributed by atoms with van der Waals surface area (Å²) < 4.78 is 16.4. The number of amides is 1. The molecule has 2 rings (SSSR count). The molecule has 0 aromatic heterocycles. The number of benzene rings is 1. The van der Waals surface area contributed by atoms with Crippen molar-refractivity contribution in [1.82, 2.24) is 5.32 Å². The molecular weight excluding hydrogens is 326 g/mol. The Hall–Kier alpha value is -2.28. The molecule has 2 N–H and O–H groups in total. The lowest BCUT2D eigenvalue weighted by Crippen LogP contribution is -2.57. The van der Waals surface area contributed by atoms with E-state index in [-0.39, 0.29) is 12.8 Å². The maximum Gasteiger partial charge on any atom is 0.329 e. The summed E-state index contributed by atoms with van der Waals surface area (Å²) in [5.74, 6) is -0.455. The van der Waals surface area contributed by atoms with Gasteiger partial charge in [0.05, 0.1) is 13.2 Å². The third-order valence-electron chi connectivity index (χ3n) is 4.08. The second-order valence-corrected chi connectivity index (χ2v) is 5.90. The van der Waals surface area contributed by atoms with Crippen molar-refractivity contribution in [1.29, 1.82) is 0 Å². The van der Waals surface area contributed by atoms with E-state index in [4.69, 9.17) is 14.2 Å². The lowest BCUT2D eigenvalue weighted by atomic mass is 9.89. The highest BCUT2D eigenvalue weighted by Gasteiger charge is 2.41. The predicted octanol–water partition coefficient (Wildman–Crippen LogP) is 2.24. The highest BCUT2D eigenvalue weighted by molar-refractivity contribution is 5.98. The molecular formula is C18H25NO6. The fraction of sp³-hybridized carbons (Fsp3) is 0.556. The Bertz CT molecular complexity index is 610. The number of carbonyl (C=O) groups is 2. The Kier molecular flexibility index (Phi) is 6.64. The van der Waals surface area contributed by atoms with E-state index in [1.807, 2.05) is 13.8 Å². The minimum atomic E-state index is -1.29. The molecule has 0 bridgehead atoms. The maximum absolute atomic E-state index is 12.6. The summed E-state index contributed by atoms with van der Waals surface area (Å²) in [6, 6.07) is 4.86. The van der Waals surface area contributed by atoms with E-state index in [1.54, 1.807) is 18.2 Å². The van der Waals surface area contributed by atoms with E-state index in [2.05, 4.69) is 5.32 Å². The molecule has 1 amide bonds. The second-order valence-electron chi connectivity index (χ2n) is 5.90. The van der Waals surface area contributed by atoms with Crippen molar-refractivity contribution in [3.63, 3.8) is 0 Å². The molecule has 1 aromatic carbocycles. The van der Waals surface area contributed by atoms with Gasteiger partial charge in [-0.15, -0.1) is 0 Å². The van der Waals surface area contributed by atoms with Crippen molar-refractivity contribution >= 4 is 11.9 Å². The van der Waals surface area contributed by atoms with Crippen LogP contribution in [0.3, 0.4) is 0 Å². The molecule has 1 aromatic rings. The van der Waals surface area contributed by atoms with Gasteiger partial charge in [0.2, 0.25) is 0 Å². The zero-order valence-electron chi connectivity index (χ0n) is 14.7. The summed E-state index contributed by atoms with van der Waals surface area (Å²) in [6.07, 6.45) is 1.34. The molecule has 1 aliphatic heterocycles. The van der Waals surface area contributed by atoms with Crippen LogP contribution in [0.2, 0.25) is 0 Å². The Morgan fingerprint density at radius 1 is 1.20 bits per heavy atom. The van der Waals surface area contributed by atoms with Crippen LogP contribution in [-0.2, 0) is 9.53 Å². The molecule has 7 heteroatoms. The minimum absolute atomic E-state index is 0.240. The largest absolute Gasteiger partial charge is 0.490 e. The third kappa shape index (κ3) is 4.63. The van der Waals surface area contributed by atoms with Gasteiger partial charge in [-0.05, 0) is 31.5 Å². The highest BCUT2D eigenvalue weighted by atomic mass is 16.5. The fourth-order valence-corrected chi connectivity index (χ4v) is 2.65. The summed E-state index contributed by atoms with van der Waals surface area (Å²) in [6.45, 7) is 5.44. The normalized spacial score (nSPS) is 16.1. The van der Waals surface area contributed by atoms with Gasteiger partial charge < -0.3 is 24.6 Å². The number of nitrogens with one attached hydrogen (secondary N) is 1. The Labute approximate surface area is 147 Å². The zero-order valence-corrected chi connectivity index (χ0v) is 14.7. The van der Waals surface area contributed by atoms with E-state index >= 15 is 0 Å². The Balaban J connectivity index is 2.20. The first-order chi connectivity index (χ1) is 12.0. The molecule has 1 saturated heterocycles. The van der Waals surface area contributed by atoms with Gasteiger partial charge >= 0.3 is 5.97 Å². The van der Waals surface area contributed by atoms with Gasteiger partial charge in [-0.25, -0.2) is 4.79 Å². The van der Waals surface area contributed by atoms with Crippen LogP contribution >= 0.6 is 0 Å². The molecule has 1 fully saturated rings. The standard InChI is InChI=1S/C18H25NO6/c1-3-9-25-14-6-5-13(12-15(14)24-4-2)16(20)19-18(17(21)22)7-10-23-11-8-18/h5-6,12H,3-4,7-11H2,1-2H3,(H,19,20)(H,21,22). The molecule has 25 heavy (non-hydrogen) atoms. The number of carboxylic acid groups (broad SMARTS) is 1. The third-order valence-corrected chi connectivity index (χ3v) is 4.08. The lowest BCUT2D eigenvalue weighted by molar-refractivity contribution is -0.148. The molecule has 0 atom stereocenters. The summed E-state index contributed by atoms with van der Waals surface area (Å²) in [7, 11) is 0. The SMILES string of the molecule is CCCOc1ccc(C(=O)NC2(C(=O)O)CCOCC2)cc1OCC. The van der Waals surface area contributed by atoms with Gasteiger partial charge in [-0.2, -0.15) is 0 Å². The van der Waals surface area contributed by atoms with Crippen molar-refractivity contribution in [2.24, 2.45) is 0 Å². The van der Waals surface area contributed by atoms with E-state index in [9.17, 15) is 14.7 Å². The second kappa shape index (κ2) is 8.71. The van der Waals surface area contributed by atoms with E-state index in [0.717, 1.165) is 6.42 Å². The number of ether oxygens (including phenoxy) is 3. The molecule has 7 nitrogen and oxygen atoms in total. The van der Waals surface area contributed by atoms with E-state index < -0.39 is 17.4 Å². The van der Waals surface area contributed by atoms with Crippen LogP contribution in [0.25, 0.3) is 0 Å². The van der Waals surface area contributed by atoms with Crippen LogP contribution in [0.4, 0.5) is 0 Å². The van der Waals surface area contributed by atoms with Gasteiger partial charge in [0.15, 0.2) is 11.5 Å². The quantitative estimate of drug-likeness (QED) is 0.746. The average Bonchev–Trinajstić information content (AvgIpc) is 2.61. The zero-order chi connectivity index (χ0) is 18.3. The van der Waals surface area contributed by atoms with Gasteiger partial charge in [0.1, 0.15) is 5.54 Å². The molecule has 0 aliphatic carbocycles. The number of carboxylic acids is 1. The summed E-state index contributed by atoms with van der Waals surface area (Å²) >= 11 is 0. The molecule has 0 spiro atoms. The molecule has 1 heterocycles. The Morgan fingerprint density at radius 3 is 2.52 bits per heavy atom. The molecule has 0 unspecified atom stereocenters. The number of rotatable bonds is 8. The van der Waals surface area contributed by atoms with Crippen molar-refractivity contribution in [3.8, 4) is 11.5 Å². The van der Waals surface area contributed by atoms with E-state index in [0.29, 0.717) is 43.5 Å². The minimum Gasteiger partial charge on any atom is -0.490 e. The first kappa shape index (κ1) is 19.1. The van der Waals surface area contributed by atoms with Gasteiger partial charge in [-0.3, -0.25) is 4.79 Å². The monoisotopic (exact) mass is 351 g/mol. The highest BCUT2D eigenvalue weighted by Crippen LogP contribution is 2.29. The van der Waals surface area contributed by atoms with Crippen molar-refractivity contribution in [3.05, 3.63) is 23.8 Å². The average molecular weight is 351 g/mol. The number of aliphatic carboxylic acids is 1. The number of hydrogen-bond donors (Lipinski definition) is 2. The first-order valence-corrected chi connectivity index (χ1v) is 8.55. The fourth-order valence-electron chi connectivity index (χ4n) is 2.65. The van der Waals surface area contributed by atoms with Crippen LogP contribution in [0.5, 0.6) is 11.5 Å². The maximum atomic E-state index is 12.6. The molecule has 138 valence electrons. The Morgan fingerprint density at radius 2 is 1.92 bits per heavy atom. The van der Waals surface area contributed by atoms with Gasteiger partial charge in [0, 0.05) is 31.6 Å². The molecule has 0 radical (unpaired) electrons. The number of hydrogen-bond acceptors (Lipinski definition) is 5. The molecule has 1 aliphatic rings. The summed E-state index contributed by atoms with van der Waals surface area (Å²) in [5, 5.41) is 12.2. The predicted molar refractivity (Wildman–Crippen MR) is 91.3 cm³/mol. The first-order valence-electron chi connectivity index (χ1n) is 8.55. The summed E-state index contributed by atoms with van der Waals surface area (Å²) in [5.41, 5.74) is -0.960. The van der Waals surface area contributed by atoms with Crippen LogP contribution in [0, 0.1) is 0 Å². The van der Waals surface area contributed by atoms with Crippen molar-refractivity contribution < 1.29 is 28.9 Å². The van der Waals surface area contributed by atoms with Crippen molar-refractivity contribution in [2.75, 3.05) is 26.4 Å². The van der Waals surface area contributed by atoms with E-state index in [1.165, 1.54) is 0 Å². The molecule has 0 saturated carbocycles. The van der Waals surface area contributed by atoms with Gasteiger partial charge in [0.25, 0.3) is 5.91 Å². The van der Waals surface area contributed by atoms with Crippen LogP contribution in [0.1, 0.15) is 43.5 Å². The van der Waals surface area contributed by atoms with Crippen molar-refractivity contribution in [2.45, 2.75) is 38.6 Å².